The van der Waals surface area contributed by atoms with Gasteiger partial charge in [0.05, 0.1) is 10.6 Å². The molecule has 7 nitrogen and oxygen atoms in total. The molecule has 2 aromatic rings. The molecule has 2 aromatic heterocycles. The quantitative estimate of drug-likeness (QED) is 0.503. The predicted octanol–water partition coefficient (Wildman–Crippen LogP) is 2.69. The van der Waals surface area contributed by atoms with Crippen molar-refractivity contribution in [2.75, 3.05) is 13.1 Å². The molecule has 0 aromatic carbocycles. The molecular formula is C17H16ClN5O2. The molecule has 0 aliphatic carbocycles. The average Bonchev–Trinajstić information content (AvgIpc) is 3.06. The molecule has 1 aliphatic rings. The summed E-state index contributed by atoms with van der Waals surface area (Å²) in [6.07, 6.45) is 6.43. The van der Waals surface area contributed by atoms with E-state index in [1.807, 2.05) is 17.0 Å². The number of hydrogen-bond donors (Lipinski definition) is 1. The van der Waals surface area contributed by atoms with E-state index in [1.165, 1.54) is 6.08 Å². The van der Waals surface area contributed by atoms with Crippen molar-refractivity contribution in [3.8, 4) is 0 Å². The van der Waals surface area contributed by atoms with Crippen molar-refractivity contribution < 1.29 is 4.92 Å². The number of pyridine rings is 2. The molecule has 0 radical (unpaired) electrons. The van der Waals surface area contributed by atoms with Gasteiger partial charge in [0, 0.05) is 38.1 Å². The molecule has 0 saturated carbocycles. The van der Waals surface area contributed by atoms with E-state index < -0.39 is 0 Å². The van der Waals surface area contributed by atoms with E-state index in [0.29, 0.717) is 36.3 Å². The van der Waals surface area contributed by atoms with Crippen LogP contribution in [0, 0.1) is 10.1 Å². The van der Waals surface area contributed by atoms with E-state index >= 15 is 0 Å². The zero-order valence-electron chi connectivity index (χ0n) is 13.3. The van der Waals surface area contributed by atoms with Crippen molar-refractivity contribution in [2.24, 2.45) is 0 Å². The Labute approximate surface area is 149 Å². The lowest BCUT2D eigenvalue weighted by Crippen LogP contribution is -2.23. The smallest absolute Gasteiger partial charge is 0.309 e. The van der Waals surface area contributed by atoms with Crippen molar-refractivity contribution in [3.63, 3.8) is 0 Å². The summed E-state index contributed by atoms with van der Waals surface area (Å²) < 4.78 is 0. The van der Waals surface area contributed by atoms with Gasteiger partial charge in [-0.05, 0) is 29.8 Å². The van der Waals surface area contributed by atoms with Crippen LogP contribution in [0.2, 0.25) is 5.15 Å². The largest absolute Gasteiger partial charge is 0.364 e. The van der Waals surface area contributed by atoms with Crippen molar-refractivity contribution in [1.82, 2.24) is 20.2 Å². The summed E-state index contributed by atoms with van der Waals surface area (Å²) >= 11 is 5.80. The van der Waals surface area contributed by atoms with E-state index in [9.17, 15) is 10.1 Å². The van der Waals surface area contributed by atoms with E-state index in [4.69, 9.17) is 11.6 Å². The summed E-state index contributed by atoms with van der Waals surface area (Å²) in [6.45, 7) is 1.83. The molecule has 1 aliphatic heterocycles. The fourth-order valence-electron chi connectivity index (χ4n) is 2.53. The number of rotatable bonds is 5. The lowest BCUT2D eigenvalue weighted by molar-refractivity contribution is -0.421. The van der Waals surface area contributed by atoms with Crippen molar-refractivity contribution >= 4 is 17.7 Å². The van der Waals surface area contributed by atoms with Crippen molar-refractivity contribution in [3.05, 3.63) is 86.8 Å². The lowest BCUT2D eigenvalue weighted by atomic mass is 10.2. The van der Waals surface area contributed by atoms with E-state index in [1.54, 1.807) is 36.7 Å². The van der Waals surface area contributed by atoms with Crippen LogP contribution in [0.25, 0.3) is 6.08 Å². The Hall–Kier alpha value is -2.93. The fourth-order valence-corrected chi connectivity index (χ4v) is 2.64. The molecule has 0 atom stereocenters. The third-order valence-electron chi connectivity index (χ3n) is 3.69. The molecule has 3 heterocycles. The summed E-state index contributed by atoms with van der Waals surface area (Å²) in [5.41, 5.74) is 1.60. The Morgan fingerprint density at radius 3 is 2.92 bits per heavy atom. The maximum Gasteiger partial charge on any atom is 0.309 e. The molecule has 3 rings (SSSR count). The van der Waals surface area contributed by atoms with Crippen LogP contribution in [-0.2, 0) is 6.54 Å². The van der Waals surface area contributed by atoms with Gasteiger partial charge in [0.15, 0.2) is 5.82 Å². The third-order valence-corrected chi connectivity index (χ3v) is 3.92. The van der Waals surface area contributed by atoms with Crippen LogP contribution in [0.3, 0.4) is 0 Å². The number of halogens is 1. The van der Waals surface area contributed by atoms with Gasteiger partial charge >= 0.3 is 5.70 Å². The van der Waals surface area contributed by atoms with Gasteiger partial charge in [0.1, 0.15) is 5.15 Å². The fraction of sp³-hybridized carbons (Fsp3) is 0.176. The minimum absolute atomic E-state index is 0.00470. The van der Waals surface area contributed by atoms with Crippen LogP contribution in [0.5, 0.6) is 0 Å². The number of nitro groups is 1. The highest BCUT2D eigenvalue weighted by Gasteiger charge is 2.26. The topological polar surface area (TPSA) is 84.2 Å². The first kappa shape index (κ1) is 16.9. The second kappa shape index (κ2) is 7.76. The maximum atomic E-state index is 11.5. The van der Waals surface area contributed by atoms with Crippen LogP contribution in [-0.4, -0.2) is 32.9 Å². The number of nitrogens with zero attached hydrogens (tertiary/aromatic N) is 4. The van der Waals surface area contributed by atoms with Crippen LogP contribution >= 0.6 is 11.6 Å². The first-order valence-corrected chi connectivity index (χ1v) is 8.08. The van der Waals surface area contributed by atoms with Gasteiger partial charge < -0.3 is 10.2 Å². The molecule has 0 amide bonds. The molecule has 0 spiro atoms. The SMILES string of the molecule is O=[N+]([O-])C(/C=C/c1ccccn1)=C1\NCCN1Cc1ccc(Cl)nc1. The summed E-state index contributed by atoms with van der Waals surface area (Å²) in [6, 6.07) is 8.99. The number of aromatic nitrogens is 2. The molecule has 0 unspecified atom stereocenters. The van der Waals surface area contributed by atoms with Crippen LogP contribution < -0.4 is 5.32 Å². The molecule has 1 N–H and O–H groups in total. The molecule has 25 heavy (non-hydrogen) atoms. The molecule has 0 bridgehead atoms. The van der Waals surface area contributed by atoms with E-state index in [-0.39, 0.29) is 10.6 Å². The number of allylic oxidation sites excluding steroid dienone is 1. The standard InChI is InChI=1S/C17H16ClN5O2/c18-16-7-4-13(11-21-16)12-22-10-9-20-17(22)15(23(24)25)6-5-14-3-1-2-8-19-14/h1-8,11,20H,9-10,12H2/b6-5+,17-15+. The highest BCUT2D eigenvalue weighted by atomic mass is 35.5. The van der Waals surface area contributed by atoms with E-state index in [2.05, 4.69) is 15.3 Å². The second-order valence-corrected chi connectivity index (χ2v) is 5.80. The van der Waals surface area contributed by atoms with Gasteiger partial charge in [-0.2, -0.15) is 0 Å². The molecule has 8 heteroatoms. The zero-order chi connectivity index (χ0) is 17.6. The number of hydrogen-bond acceptors (Lipinski definition) is 6. The zero-order valence-corrected chi connectivity index (χ0v) is 14.1. The molecular weight excluding hydrogens is 342 g/mol. The third kappa shape index (κ3) is 4.33. The van der Waals surface area contributed by atoms with E-state index in [0.717, 1.165) is 5.56 Å². The first-order chi connectivity index (χ1) is 12.1. The van der Waals surface area contributed by atoms with Crippen LogP contribution in [0.4, 0.5) is 0 Å². The average molecular weight is 358 g/mol. The summed E-state index contributed by atoms with van der Waals surface area (Å²) in [4.78, 5) is 21.3. The summed E-state index contributed by atoms with van der Waals surface area (Å²) in [7, 11) is 0. The van der Waals surface area contributed by atoms with Gasteiger partial charge in [0.25, 0.3) is 0 Å². The Morgan fingerprint density at radius 1 is 1.36 bits per heavy atom. The number of nitrogens with one attached hydrogen (secondary N) is 1. The molecule has 1 fully saturated rings. The van der Waals surface area contributed by atoms with Crippen LogP contribution in [0.15, 0.2) is 60.3 Å². The van der Waals surface area contributed by atoms with Crippen molar-refractivity contribution in [2.45, 2.75) is 6.54 Å². The molecule has 128 valence electrons. The highest BCUT2D eigenvalue weighted by Crippen LogP contribution is 2.19. The highest BCUT2D eigenvalue weighted by molar-refractivity contribution is 6.29. The molecule has 1 saturated heterocycles. The van der Waals surface area contributed by atoms with Gasteiger partial charge in [-0.15, -0.1) is 0 Å². The summed E-state index contributed by atoms with van der Waals surface area (Å²) in [5.74, 6) is 0.493. The van der Waals surface area contributed by atoms with Gasteiger partial charge in [-0.1, -0.05) is 23.7 Å². The van der Waals surface area contributed by atoms with Gasteiger partial charge in [0.2, 0.25) is 0 Å². The minimum Gasteiger partial charge on any atom is -0.364 e. The predicted molar refractivity (Wildman–Crippen MR) is 95.0 cm³/mol. The Kier molecular flexibility index (Phi) is 5.25. The van der Waals surface area contributed by atoms with Crippen molar-refractivity contribution in [1.29, 1.82) is 0 Å². The minimum atomic E-state index is -0.389. The van der Waals surface area contributed by atoms with Crippen LogP contribution in [0.1, 0.15) is 11.3 Å². The maximum absolute atomic E-state index is 11.5. The summed E-state index contributed by atoms with van der Waals surface area (Å²) in [5, 5.41) is 15.1. The van der Waals surface area contributed by atoms with Gasteiger partial charge in [-0.3, -0.25) is 15.1 Å². The Balaban J connectivity index is 1.85. The van der Waals surface area contributed by atoms with Gasteiger partial charge in [-0.25, -0.2) is 4.98 Å². The Morgan fingerprint density at radius 2 is 2.24 bits per heavy atom. The Bertz CT molecular complexity index is 806. The lowest BCUT2D eigenvalue weighted by Gasteiger charge is -2.18. The first-order valence-electron chi connectivity index (χ1n) is 7.70. The second-order valence-electron chi connectivity index (χ2n) is 5.42. The normalized spacial score (nSPS) is 16.1. The monoisotopic (exact) mass is 357 g/mol.